The van der Waals surface area contributed by atoms with E-state index in [9.17, 15) is 4.79 Å². The van der Waals surface area contributed by atoms with Crippen molar-refractivity contribution in [3.8, 4) is 0 Å². The van der Waals surface area contributed by atoms with Crippen molar-refractivity contribution >= 4 is 33.3 Å². The number of carbonyl (C=O) groups excluding carboxylic acids is 1. The zero-order chi connectivity index (χ0) is 14.3. The van der Waals surface area contributed by atoms with Crippen molar-refractivity contribution < 1.29 is 4.79 Å². The third-order valence-corrected chi connectivity index (χ3v) is 3.97. The predicted molar refractivity (Wildman–Crippen MR) is 85.1 cm³/mol. The molecule has 0 bridgehead atoms. The highest BCUT2D eigenvalue weighted by Crippen LogP contribution is 2.22. The first kappa shape index (κ1) is 16.7. The van der Waals surface area contributed by atoms with Crippen molar-refractivity contribution in [1.82, 2.24) is 4.90 Å². The quantitative estimate of drug-likeness (QED) is 0.630. The molecule has 0 aliphatic heterocycles. The molecule has 0 heterocycles. The Morgan fingerprint density at radius 2 is 2.05 bits per heavy atom. The molecule has 0 saturated heterocycles. The first-order chi connectivity index (χ1) is 9.08. The monoisotopic (exact) mass is 345 g/mol. The number of halogens is 2. The van der Waals surface area contributed by atoms with Crippen LogP contribution in [0.15, 0.2) is 22.7 Å². The van der Waals surface area contributed by atoms with Crippen LogP contribution in [-0.4, -0.2) is 30.3 Å². The molecule has 1 aromatic carbocycles. The molecule has 0 atom stereocenters. The van der Waals surface area contributed by atoms with Gasteiger partial charge in [-0.15, -0.1) is 0 Å². The lowest BCUT2D eigenvalue weighted by Gasteiger charge is -2.19. The molecule has 0 N–H and O–H groups in total. The number of hydrogen-bond donors (Lipinski definition) is 0. The molecule has 0 radical (unpaired) electrons. The molecular formula is C15H21BrClNO. The second kappa shape index (κ2) is 8.72. The minimum absolute atomic E-state index is 0.118. The van der Waals surface area contributed by atoms with Gasteiger partial charge in [0.05, 0.1) is 5.02 Å². The summed E-state index contributed by atoms with van der Waals surface area (Å²) in [6.07, 6.45) is 2.89. The average molecular weight is 347 g/mol. The Kier molecular flexibility index (Phi) is 7.66. The molecule has 0 aromatic heterocycles. The topological polar surface area (TPSA) is 20.3 Å². The minimum Gasteiger partial charge on any atom is -0.303 e. The molecule has 0 aliphatic carbocycles. The highest BCUT2D eigenvalue weighted by atomic mass is 79.9. The van der Waals surface area contributed by atoms with Crippen LogP contribution in [0.3, 0.4) is 0 Å². The van der Waals surface area contributed by atoms with Gasteiger partial charge >= 0.3 is 0 Å². The zero-order valence-electron chi connectivity index (χ0n) is 11.6. The lowest BCUT2D eigenvalue weighted by Crippen LogP contribution is -2.27. The number of carbonyl (C=O) groups is 1. The van der Waals surface area contributed by atoms with Crippen molar-refractivity contribution in [3.63, 3.8) is 0 Å². The molecule has 0 saturated carbocycles. The van der Waals surface area contributed by atoms with Gasteiger partial charge < -0.3 is 4.90 Å². The van der Waals surface area contributed by atoms with Gasteiger partial charge in [-0.1, -0.05) is 47.8 Å². The summed E-state index contributed by atoms with van der Waals surface area (Å²) in [5.74, 6) is 0.118. The summed E-state index contributed by atoms with van der Waals surface area (Å²) < 4.78 is 0.896. The molecule has 1 rings (SSSR count). The van der Waals surface area contributed by atoms with E-state index in [1.165, 1.54) is 12.8 Å². The maximum atomic E-state index is 12.1. The van der Waals surface area contributed by atoms with E-state index in [-0.39, 0.29) is 5.78 Å². The summed E-state index contributed by atoms with van der Waals surface area (Å²) in [5.41, 5.74) is 0.622. The zero-order valence-corrected chi connectivity index (χ0v) is 13.9. The molecule has 4 heteroatoms. The SMILES string of the molecule is CCCCN(CC)CCC(=O)c1ccc(Br)cc1Cl. The third kappa shape index (κ3) is 5.64. The Morgan fingerprint density at radius 3 is 2.63 bits per heavy atom. The van der Waals surface area contributed by atoms with E-state index < -0.39 is 0 Å². The van der Waals surface area contributed by atoms with Gasteiger partial charge in [-0.25, -0.2) is 0 Å². The number of nitrogens with zero attached hydrogens (tertiary/aromatic N) is 1. The number of unbranched alkanes of at least 4 members (excludes halogenated alkanes) is 1. The maximum Gasteiger partial charge on any atom is 0.165 e. The number of ketones is 1. The molecular weight excluding hydrogens is 326 g/mol. The van der Waals surface area contributed by atoms with Crippen molar-refractivity contribution in [2.24, 2.45) is 0 Å². The van der Waals surface area contributed by atoms with Gasteiger partial charge in [0.25, 0.3) is 0 Å². The molecule has 2 nitrogen and oxygen atoms in total. The molecule has 1 aromatic rings. The second-order valence-corrected chi connectivity index (χ2v) is 5.91. The molecule has 0 aliphatic rings. The van der Waals surface area contributed by atoms with E-state index in [0.717, 1.165) is 24.1 Å². The molecule has 106 valence electrons. The standard InChI is InChI=1S/C15H21BrClNO/c1-3-5-9-18(4-2)10-8-15(19)13-7-6-12(16)11-14(13)17/h6-7,11H,3-5,8-10H2,1-2H3. The summed E-state index contributed by atoms with van der Waals surface area (Å²) in [6, 6.07) is 5.41. The molecule has 0 spiro atoms. The van der Waals surface area contributed by atoms with Gasteiger partial charge in [-0.2, -0.15) is 0 Å². The van der Waals surface area contributed by atoms with Gasteiger partial charge in [-0.3, -0.25) is 4.79 Å². The number of rotatable bonds is 8. The Morgan fingerprint density at radius 1 is 1.32 bits per heavy atom. The van der Waals surface area contributed by atoms with Gasteiger partial charge in [0.1, 0.15) is 0 Å². The molecule has 19 heavy (non-hydrogen) atoms. The van der Waals surface area contributed by atoms with Crippen LogP contribution in [0.25, 0.3) is 0 Å². The first-order valence-electron chi connectivity index (χ1n) is 6.79. The average Bonchev–Trinajstić information content (AvgIpc) is 2.38. The number of benzene rings is 1. The Hall–Kier alpha value is -0.380. The van der Waals surface area contributed by atoms with Crippen molar-refractivity contribution in [1.29, 1.82) is 0 Å². The van der Waals surface area contributed by atoms with Crippen LogP contribution in [0.4, 0.5) is 0 Å². The number of hydrogen-bond acceptors (Lipinski definition) is 2. The van der Waals surface area contributed by atoms with E-state index in [2.05, 4.69) is 34.7 Å². The van der Waals surface area contributed by atoms with Gasteiger partial charge in [0.2, 0.25) is 0 Å². The normalized spacial score (nSPS) is 11.0. The van der Waals surface area contributed by atoms with Crippen LogP contribution < -0.4 is 0 Å². The Bertz CT molecular complexity index is 423. The van der Waals surface area contributed by atoms with E-state index in [4.69, 9.17) is 11.6 Å². The van der Waals surface area contributed by atoms with Crippen LogP contribution in [0.5, 0.6) is 0 Å². The van der Waals surface area contributed by atoms with Gasteiger partial charge in [-0.05, 0) is 37.7 Å². The van der Waals surface area contributed by atoms with E-state index in [0.29, 0.717) is 17.0 Å². The molecule has 0 unspecified atom stereocenters. The third-order valence-electron chi connectivity index (χ3n) is 3.16. The summed E-state index contributed by atoms with van der Waals surface area (Å²) >= 11 is 9.44. The lowest BCUT2D eigenvalue weighted by molar-refractivity contribution is 0.0965. The fourth-order valence-corrected chi connectivity index (χ4v) is 2.70. The van der Waals surface area contributed by atoms with Crippen molar-refractivity contribution in [3.05, 3.63) is 33.3 Å². The summed E-state index contributed by atoms with van der Waals surface area (Å²) in [5, 5.41) is 0.524. The lowest BCUT2D eigenvalue weighted by atomic mass is 10.1. The van der Waals surface area contributed by atoms with Gasteiger partial charge in [0.15, 0.2) is 5.78 Å². The highest BCUT2D eigenvalue weighted by Gasteiger charge is 2.12. The largest absolute Gasteiger partial charge is 0.303 e. The molecule has 0 fully saturated rings. The van der Waals surface area contributed by atoms with Crippen molar-refractivity contribution in [2.75, 3.05) is 19.6 Å². The van der Waals surface area contributed by atoms with Gasteiger partial charge in [0, 0.05) is 23.0 Å². The van der Waals surface area contributed by atoms with Crippen LogP contribution in [0.1, 0.15) is 43.5 Å². The fraction of sp³-hybridized carbons (Fsp3) is 0.533. The second-order valence-electron chi connectivity index (χ2n) is 4.59. The Labute approximate surface area is 129 Å². The first-order valence-corrected chi connectivity index (χ1v) is 7.96. The maximum absolute atomic E-state index is 12.1. The van der Waals surface area contributed by atoms with Crippen LogP contribution in [0, 0.1) is 0 Å². The minimum atomic E-state index is 0.118. The van der Waals surface area contributed by atoms with Crippen molar-refractivity contribution in [2.45, 2.75) is 33.1 Å². The predicted octanol–water partition coefficient (Wildman–Crippen LogP) is 4.80. The van der Waals surface area contributed by atoms with E-state index in [1.807, 2.05) is 6.07 Å². The fourth-order valence-electron chi connectivity index (χ4n) is 1.92. The van der Waals surface area contributed by atoms with Crippen LogP contribution in [0.2, 0.25) is 5.02 Å². The Balaban J connectivity index is 2.54. The summed E-state index contributed by atoms with van der Waals surface area (Å²) in [7, 11) is 0. The smallest absolute Gasteiger partial charge is 0.165 e. The van der Waals surface area contributed by atoms with E-state index in [1.54, 1.807) is 12.1 Å². The van der Waals surface area contributed by atoms with Crippen LogP contribution in [-0.2, 0) is 0 Å². The van der Waals surface area contributed by atoms with E-state index >= 15 is 0 Å². The molecule has 0 amide bonds. The van der Waals surface area contributed by atoms with Crippen LogP contribution >= 0.6 is 27.5 Å². The number of Topliss-reactive ketones (excluding diaryl/α,β-unsaturated/α-hetero) is 1. The summed E-state index contributed by atoms with van der Waals surface area (Å²) in [4.78, 5) is 14.5. The summed E-state index contributed by atoms with van der Waals surface area (Å²) in [6.45, 7) is 7.17. The highest BCUT2D eigenvalue weighted by molar-refractivity contribution is 9.10.